The van der Waals surface area contributed by atoms with Crippen molar-refractivity contribution in [2.45, 2.75) is 52.7 Å². The van der Waals surface area contributed by atoms with Gasteiger partial charge in [0.1, 0.15) is 29.9 Å². The van der Waals surface area contributed by atoms with Gasteiger partial charge in [-0.15, -0.1) is 0 Å². The number of aryl methyl sites for hydroxylation is 2. The maximum absolute atomic E-state index is 11.7. The maximum Gasteiger partial charge on any atom is 0.342 e. The molecule has 2 heterocycles. The van der Waals surface area contributed by atoms with Crippen LogP contribution in [0.5, 0.6) is 5.75 Å². The Hall–Kier alpha value is -3.06. The third-order valence-electron chi connectivity index (χ3n) is 4.42. The summed E-state index contributed by atoms with van der Waals surface area (Å²) in [6.07, 6.45) is 3.08. The molecule has 0 amide bonds. The molecule has 0 aliphatic rings. The summed E-state index contributed by atoms with van der Waals surface area (Å²) in [4.78, 5) is 25.9. The summed E-state index contributed by atoms with van der Waals surface area (Å²) in [5.41, 5.74) is 1.72. The SMILES string of the molecule is CCC(C)OOC(=O)CCc1ccc(OCc2nc(-c3ccco3)oc2C)cc1. The number of ether oxygens (including phenoxy) is 1. The minimum absolute atomic E-state index is 0.0982. The Kier molecular flexibility index (Phi) is 7.08. The summed E-state index contributed by atoms with van der Waals surface area (Å²) in [5, 5.41) is 0. The number of hydrogen-bond donors (Lipinski definition) is 0. The highest BCUT2D eigenvalue weighted by atomic mass is 17.2. The van der Waals surface area contributed by atoms with Gasteiger partial charge in [0.25, 0.3) is 5.89 Å². The maximum atomic E-state index is 11.7. The van der Waals surface area contributed by atoms with E-state index in [2.05, 4.69) is 4.98 Å². The van der Waals surface area contributed by atoms with E-state index >= 15 is 0 Å². The van der Waals surface area contributed by atoms with Crippen LogP contribution in [0.1, 0.15) is 43.7 Å². The van der Waals surface area contributed by atoms with Crippen LogP contribution >= 0.6 is 0 Å². The highest BCUT2D eigenvalue weighted by molar-refractivity contribution is 5.69. The highest BCUT2D eigenvalue weighted by Crippen LogP contribution is 2.23. The number of rotatable bonds is 10. The lowest BCUT2D eigenvalue weighted by Gasteiger charge is -2.09. The molecular formula is C22H25NO6. The molecule has 0 fully saturated rings. The normalized spacial score (nSPS) is 12.0. The van der Waals surface area contributed by atoms with Crippen molar-refractivity contribution in [2.24, 2.45) is 0 Å². The molecule has 0 radical (unpaired) electrons. The second kappa shape index (κ2) is 9.93. The molecule has 29 heavy (non-hydrogen) atoms. The van der Waals surface area contributed by atoms with Crippen LogP contribution in [-0.4, -0.2) is 17.1 Å². The summed E-state index contributed by atoms with van der Waals surface area (Å²) < 4.78 is 16.7. The van der Waals surface area contributed by atoms with Gasteiger partial charge in [-0.05, 0) is 56.5 Å². The van der Waals surface area contributed by atoms with Crippen molar-refractivity contribution >= 4 is 5.97 Å². The molecule has 0 spiro atoms. The molecular weight excluding hydrogens is 374 g/mol. The van der Waals surface area contributed by atoms with E-state index < -0.39 is 0 Å². The van der Waals surface area contributed by atoms with Crippen molar-refractivity contribution in [3.63, 3.8) is 0 Å². The molecule has 3 rings (SSSR count). The van der Waals surface area contributed by atoms with E-state index in [4.69, 9.17) is 23.3 Å². The van der Waals surface area contributed by atoms with E-state index in [1.807, 2.05) is 45.0 Å². The Morgan fingerprint density at radius 3 is 2.69 bits per heavy atom. The molecule has 0 saturated carbocycles. The molecule has 2 aromatic heterocycles. The molecule has 1 unspecified atom stereocenters. The summed E-state index contributed by atoms with van der Waals surface area (Å²) in [6.45, 7) is 5.94. The van der Waals surface area contributed by atoms with Crippen molar-refractivity contribution < 1.29 is 28.1 Å². The summed E-state index contributed by atoms with van der Waals surface area (Å²) in [7, 11) is 0. The quantitative estimate of drug-likeness (QED) is 0.349. The van der Waals surface area contributed by atoms with E-state index in [1.165, 1.54) is 0 Å². The number of furan rings is 1. The smallest absolute Gasteiger partial charge is 0.342 e. The molecule has 1 aromatic carbocycles. The van der Waals surface area contributed by atoms with Crippen LogP contribution in [0.25, 0.3) is 11.7 Å². The Labute approximate surface area is 169 Å². The molecule has 7 heteroatoms. The average molecular weight is 399 g/mol. The van der Waals surface area contributed by atoms with Crippen molar-refractivity contribution in [3.8, 4) is 17.4 Å². The fourth-order valence-electron chi connectivity index (χ4n) is 2.46. The zero-order chi connectivity index (χ0) is 20.6. The lowest BCUT2D eigenvalue weighted by atomic mass is 10.1. The molecule has 7 nitrogen and oxygen atoms in total. The first-order valence-corrected chi connectivity index (χ1v) is 9.63. The molecule has 0 aliphatic carbocycles. The Balaban J connectivity index is 1.47. The standard InChI is InChI=1S/C22H25NO6/c1-4-15(2)28-29-21(24)12-9-17-7-10-18(11-8-17)26-14-19-16(3)27-22(23-19)20-6-5-13-25-20/h5-8,10-11,13,15H,4,9,12,14H2,1-3H3. The van der Waals surface area contributed by atoms with Crippen molar-refractivity contribution in [1.82, 2.24) is 4.98 Å². The van der Waals surface area contributed by atoms with Crippen LogP contribution in [0, 0.1) is 6.92 Å². The largest absolute Gasteiger partial charge is 0.487 e. The zero-order valence-corrected chi connectivity index (χ0v) is 16.8. The fourth-order valence-corrected chi connectivity index (χ4v) is 2.46. The van der Waals surface area contributed by atoms with E-state index in [0.717, 1.165) is 12.0 Å². The first kappa shape index (κ1) is 20.7. The lowest BCUT2D eigenvalue weighted by molar-refractivity contribution is -0.294. The predicted octanol–water partition coefficient (Wildman–Crippen LogP) is 5.03. The van der Waals surface area contributed by atoms with E-state index in [0.29, 0.717) is 35.3 Å². The Morgan fingerprint density at radius 1 is 1.21 bits per heavy atom. The van der Waals surface area contributed by atoms with Crippen LogP contribution in [-0.2, 0) is 27.6 Å². The van der Waals surface area contributed by atoms with Crippen LogP contribution in [0.2, 0.25) is 0 Å². The van der Waals surface area contributed by atoms with Gasteiger partial charge in [-0.3, -0.25) is 4.89 Å². The number of carbonyl (C=O) groups is 1. The minimum Gasteiger partial charge on any atom is -0.487 e. The summed E-state index contributed by atoms with van der Waals surface area (Å²) in [5.74, 6) is 2.03. The number of aromatic nitrogens is 1. The van der Waals surface area contributed by atoms with Crippen LogP contribution < -0.4 is 4.74 Å². The topological polar surface area (TPSA) is 83.9 Å². The van der Waals surface area contributed by atoms with Gasteiger partial charge in [-0.25, -0.2) is 9.78 Å². The van der Waals surface area contributed by atoms with Crippen LogP contribution in [0.15, 0.2) is 51.5 Å². The molecule has 0 bridgehead atoms. The first-order chi connectivity index (χ1) is 14.0. The Bertz CT molecular complexity index is 898. The second-order valence-electron chi connectivity index (χ2n) is 6.70. The van der Waals surface area contributed by atoms with E-state index in [9.17, 15) is 4.79 Å². The molecule has 3 aromatic rings. The van der Waals surface area contributed by atoms with Crippen LogP contribution in [0.3, 0.4) is 0 Å². The minimum atomic E-state index is -0.375. The van der Waals surface area contributed by atoms with Crippen molar-refractivity contribution in [2.75, 3.05) is 0 Å². The molecule has 0 aliphatic heterocycles. The third-order valence-corrected chi connectivity index (χ3v) is 4.42. The van der Waals surface area contributed by atoms with Gasteiger partial charge in [0.05, 0.1) is 12.7 Å². The van der Waals surface area contributed by atoms with Gasteiger partial charge in [0.15, 0.2) is 5.76 Å². The van der Waals surface area contributed by atoms with Gasteiger partial charge in [0, 0.05) is 0 Å². The van der Waals surface area contributed by atoms with Crippen molar-refractivity contribution in [3.05, 3.63) is 59.7 Å². The number of nitrogens with zero attached hydrogens (tertiary/aromatic N) is 1. The number of hydrogen-bond acceptors (Lipinski definition) is 7. The van der Waals surface area contributed by atoms with E-state index in [1.54, 1.807) is 18.4 Å². The summed E-state index contributed by atoms with van der Waals surface area (Å²) >= 11 is 0. The monoisotopic (exact) mass is 399 g/mol. The van der Waals surface area contributed by atoms with Gasteiger partial charge in [-0.2, -0.15) is 4.89 Å². The lowest BCUT2D eigenvalue weighted by Crippen LogP contribution is -2.13. The molecule has 0 N–H and O–H groups in total. The van der Waals surface area contributed by atoms with E-state index in [-0.39, 0.29) is 25.1 Å². The van der Waals surface area contributed by atoms with Gasteiger partial charge >= 0.3 is 5.97 Å². The van der Waals surface area contributed by atoms with Gasteiger partial charge in [0.2, 0.25) is 0 Å². The molecule has 1 atom stereocenters. The van der Waals surface area contributed by atoms with Gasteiger partial charge in [-0.1, -0.05) is 19.1 Å². The molecule has 154 valence electrons. The highest BCUT2D eigenvalue weighted by Gasteiger charge is 2.14. The number of benzene rings is 1. The first-order valence-electron chi connectivity index (χ1n) is 9.63. The number of carbonyl (C=O) groups excluding carboxylic acids is 1. The average Bonchev–Trinajstić information content (AvgIpc) is 3.39. The summed E-state index contributed by atoms with van der Waals surface area (Å²) in [6, 6.07) is 11.1. The van der Waals surface area contributed by atoms with Crippen LogP contribution in [0.4, 0.5) is 0 Å². The Morgan fingerprint density at radius 2 is 2.00 bits per heavy atom. The zero-order valence-electron chi connectivity index (χ0n) is 16.8. The predicted molar refractivity (Wildman–Crippen MR) is 105 cm³/mol. The van der Waals surface area contributed by atoms with Gasteiger partial charge < -0.3 is 13.6 Å². The number of oxazole rings is 1. The van der Waals surface area contributed by atoms with Crippen molar-refractivity contribution in [1.29, 1.82) is 0 Å². The third kappa shape index (κ3) is 5.96. The second-order valence-corrected chi connectivity index (χ2v) is 6.70. The fraction of sp³-hybridized carbons (Fsp3) is 0.364. The molecule has 0 saturated heterocycles.